The van der Waals surface area contributed by atoms with Crippen LogP contribution in [0.15, 0.2) is 59.6 Å². The summed E-state index contributed by atoms with van der Waals surface area (Å²) in [5.41, 5.74) is 0. The van der Waals surface area contributed by atoms with Crippen LogP contribution in [0.25, 0.3) is 0 Å². The van der Waals surface area contributed by atoms with Gasteiger partial charge in [-0.05, 0) is 30.7 Å². The molecule has 6 heteroatoms. The third-order valence-electron chi connectivity index (χ3n) is 3.91. The van der Waals surface area contributed by atoms with Gasteiger partial charge in [0, 0.05) is 13.6 Å². The van der Waals surface area contributed by atoms with E-state index in [9.17, 15) is 0 Å². The summed E-state index contributed by atoms with van der Waals surface area (Å²) in [4.78, 5) is 4.23. The number of nitrogens with one attached hydrogen (secondary N) is 2. The van der Waals surface area contributed by atoms with Crippen molar-refractivity contribution in [1.29, 1.82) is 0 Å². The maximum absolute atomic E-state index is 5.93. The normalized spacial score (nSPS) is 16.0. The Hall–Kier alpha value is -2.89. The van der Waals surface area contributed by atoms with Gasteiger partial charge in [-0.3, -0.25) is 4.99 Å². The van der Waals surface area contributed by atoms with Gasteiger partial charge in [0.2, 0.25) is 0 Å². The molecule has 2 N–H and O–H groups in total. The van der Waals surface area contributed by atoms with Crippen molar-refractivity contribution in [3.05, 3.63) is 54.6 Å². The molecule has 0 spiro atoms. The lowest BCUT2D eigenvalue weighted by Crippen LogP contribution is -2.45. The molecule has 0 radical (unpaired) electrons. The van der Waals surface area contributed by atoms with Crippen LogP contribution in [-0.4, -0.2) is 45.4 Å². The molecule has 0 saturated carbocycles. The Labute approximate surface area is 154 Å². The number of para-hydroxylation sites is 3. The monoisotopic (exact) mass is 355 g/mol. The zero-order chi connectivity index (χ0) is 18.0. The molecule has 6 nitrogen and oxygen atoms in total. The third kappa shape index (κ3) is 5.31. The number of hydrogen-bond acceptors (Lipinski definition) is 4. The largest absolute Gasteiger partial charge is 0.494 e. The molecule has 3 rings (SSSR count). The van der Waals surface area contributed by atoms with E-state index in [2.05, 4.69) is 15.6 Å². The van der Waals surface area contributed by atoms with Crippen molar-refractivity contribution >= 4 is 5.96 Å². The predicted molar refractivity (Wildman–Crippen MR) is 102 cm³/mol. The maximum Gasteiger partial charge on any atom is 0.191 e. The number of benzene rings is 2. The van der Waals surface area contributed by atoms with Gasteiger partial charge in [0.1, 0.15) is 18.5 Å². The van der Waals surface area contributed by atoms with E-state index in [-0.39, 0.29) is 6.10 Å². The summed E-state index contributed by atoms with van der Waals surface area (Å²) in [5.74, 6) is 3.22. The number of ether oxygens (including phenoxy) is 3. The highest BCUT2D eigenvalue weighted by Crippen LogP contribution is 2.30. The Morgan fingerprint density at radius 1 is 1.08 bits per heavy atom. The van der Waals surface area contributed by atoms with E-state index in [4.69, 9.17) is 14.2 Å². The highest BCUT2D eigenvalue weighted by Gasteiger charge is 2.20. The quantitative estimate of drug-likeness (QED) is 0.454. The molecular formula is C20H25N3O3. The first-order valence-electron chi connectivity index (χ1n) is 8.86. The molecule has 0 aromatic heterocycles. The van der Waals surface area contributed by atoms with Crippen LogP contribution in [-0.2, 0) is 0 Å². The first-order chi connectivity index (χ1) is 12.8. The third-order valence-corrected chi connectivity index (χ3v) is 3.91. The summed E-state index contributed by atoms with van der Waals surface area (Å²) >= 11 is 0. The molecule has 1 aliphatic heterocycles. The minimum Gasteiger partial charge on any atom is -0.494 e. The van der Waals surface area contributed by atoms with E-state index < -0.39 is 0 Å². The van der Waals surface area contributed by atoms with Crippen LogP contribution in [0.3, 0.4) is 0 Å². The van der Waals surface area contributed by atoms with E-state index in [1.807, 2.05) is 54.6 Å². The molecule has 2 aromatic rings. The van der Waals surface area contributed by atoms with E-state index in [0.717, 1.165) is 36.2 Å². The SMILES string of the molecule is CN=C(NCCCOc1ccccc1)NCC1COc2ccccc2O1. The van der Waals surface area contributed by atoms with Crippen LogP contribution in [0.4, 0.5) is 0 Å². The second kappa shape index (κ2) is 9.56. The molecule has 2 aromatic carbocycles. The van der Waals surface area contributed by atoms with Crippen molar-refractivity contribution in [2.45, 2.75) is 12.5 Å². The lowest BCUT2D eigenvalue weighted by atomic mass is 10.2. The highest BCUT2D eigenvalue weighted by atomic mass is 16.6. The van der Waals surface area contributed by atoms with Crippen molar-refractivity contribution in [3.8, 4) is 17.2 Å². The molecule has 0 fully saturated rings. The van der Waals surface area contributed by atoms with E-state index >= 15 is 0 Å². The fraction of sp³-hybridized carbons (Fsp3) is 0.350. The lowest BCUT2D eigenvalue weighted by molar-refractivity contribution is 0.0936. The number of rotatable bonds is 7. The molecule has 138 valence electrons. The van der Waals surface area contributed by atoms with Gasteiger partial charge in [0.15, 0.2) is 17.5 Å². The van der Waals surface area contributed by atoms with E-state index in [1.165, 1.54) is 0 Å². The molecule has 0 aliphatic carbocycles. The smallest absolute Gasteiger partial charge is 0.191 e. The van der Waals surface area contributed by atoms with Crippen molar-refractivity contribution in [2.24, 2.45) is 4.99 Å². The van der Waals surface area contributed by atoms with Gasteiger partial charge in [-0.25, -0.2) is 0 Å². The number of guanidine groups is 1. The summed E-state index contributed by atoms with van der Waals surface area (Å²) in [6, 6.07) is 17.5. The minimum atomic E-state index is -0.0511. The maximum atomic E-state index is 5.93. The van der Waals surface area contributed by atoms with Gasteiger partial charge in [-0.2, -0.15) is 0 Å². The predicted octanol–water partition coefficient (Wildman–Crippen LogP) is 2.46. The molecule has 1 heterocycles. The molecule has 26 heavy (non-hydrogen) atoms. The molecular weight excluding hydrogens is 330 g/mol. The Bertz CT molecular complexity index is 706. The molecule has 1 atom stereocenters. The van der Waals surface area contributed by atoms with Gasteiger partial charge in [-0.15, -0.1) is 0 Å². The van der Waals surface area contributed by atoms with Crippen LogP contribution < -0.4 is 24.8 Å². The Morgan fingerprint density at radius 3 is 2.65 bits per heavy atom. The average molecular weight is 355 g/mol. The summed E-state index contributed by atoms with van der Waals surface area (Å²) < 4.78 is 17.3. The van der Waals surface area contributed by atoms with Crippen LogP contribution in [0.1, 0.15) is 6.42 Å². The zero-order valence-electron chi connectivity index (χ0n) is 15.0. The fourth-order valence-electron chi connectivity index (χ4n) is 2.58. The summed E-state index contributed by atoms with van der Waals surface area (Å²) in [6.07, 6.45) is 0.830. The van der Waals surface area contributed by atoms with Crippen molar-refractivity contribution in [2.75, 3.05) is 33.4 Å². The highest BCUT2D eigenvalue weighted by molar-refractivity contribution is 5.79. The van der Waals surface area contributed by atoms with Gasteiger partial charge < -0.3 is 24.8 Å². The Kier molecular flexibility index (Phi) is 6.59. The number of hydrogen-bond donors (Lipinski definition) is 2. The number of nitrogens with zero attached hydrogens (tertiary/aromatic N) is 1. The molecule has 1 aliphatic rings. The summed E-state index contributed by atoms with van der Waals surface area (Å²) in [5, 5.41) is 6.55. The average Bonchev–Trinajstić information content (AvgIpc) is 2.70. The molecule has 0 saturated heterocycles. The second-order valence-electron chi connectivity index (χ2n) is 5.89. The summed E-state index contributed by atoms with van der Waals surface area (Å²) in [6.45, 7) is 2.57. The second-order valence-corrected chi connectivity index (χ2v) is 5.89. The van der Waals surface area contributed by atoms with Gasteiger partial charge in [0.25, 0.3) is 0 Å². The van der Waals surface area contributed by atoms with Crippen molar-refractivity contribution < 1.29 is 14.2 Å². The minimum absolute atomic E-state index is 0.0511. The Morgan fingerprint density at radius 2 is 1.85 bits per heavy atom. The number of aliphatic imine (C=N–C) groups is 1. The van der Waals surface area contributed by atoms with Crippen LogP contribution >= 0.6 is 0 Å². The van der Waals surface area contributed by atoms with Crippen molar-refractivity contribution in [3.63, 3.8) is 0 Å². The molecule has 0 amide bonds. The standard InChI is InChI=1S/C20H25N3O3/c1-21-20(22-12-7-13-24-16-8-3-2-4-9-16)23-14-17-15-25-18-10-5-6-11-19(18)26-17/h2-6,8-11,17H,7,12-15H2,1H3,(H2,21,22,23). The van der Waals surface area contributed by atoms with Gasteiger partial charge in [0.05, 0.1) is 13.2 Å². The van der Waals surface area contributed by atoms with Gasteiger partial charge >= 0.3 is 0 Å². The van der Waals surface area contributed by atoms with Crippen LogP contribution in [0.5, 0.6) is 17.2 Å². The topological polar surface area (TPSA) is 64.1 Å². The molecule has 0 bridgehead atoms. The first kappa shape index (κ1) is 17.9. The van der Waals surface area contributed by atoms with Gasteiger partial charge in [-0.1, -0.05) is 30.3 Å². The zero-order valence-corrected chi connectivity index (χ0v) is 15.0. The fourth-order valence-corrected chi connectivity index (χ4v) is 2.58. The van der Waals surface area contributed by atoms with E-state index in [0.29, 0.717) is 19.8 Å². The van der Waals surface area contributed by atoms with E-state index in [1.54, 1.807) is 7.05 Å². The number of fused-ring (bicyclic) bond motifs is 1. The Balaban J connectivity index is 1.32. The van der Waals surface area contributed by atoms with Crippen LogP contribution in [0.2, 0.25) is 0 Å². The summed E-state index contributed by atoms with van der Waals surface area (Å²) in [7, 11) is 1.75. The van der Waals surface area contributed by atoms with Crippen molar-refractivity contribution in [1.82, 2.24) is 10.6 Å². The first-order valence-corrected chi connectivity index (χ1v) is 8.86. The van der Waals surface area contributed by atoms with Crippen LogP contribution in [0, 0.1) is 0 Å². The lowest BCUT2D eigenvalue weighted by Gasteiger charge is -2.27. The molecule has 1 unspecified atom stereocenters.